The van der Waals surface area contributed by atoms with Crippen molar-refractivity contribution in [2.24, 2.45) is 5.92 Å². The van der Waals surface area contributed by atoms with E-state index in [4.69, 9.17) is 5.11 Å². The highest BCUT2D eigenvalue weighted by Crippen LogP contribution is 2.11. The molecule has 0 bridgehead atoms. The molecule has 1 N–H and O–H groups in total. The molecule has 0 aromatic heterocycles. The number of carboxylic acids is 1. The van der Waals surface area contributed by atoms with Gasteiger partial charge in [-0.3, -0.25) is 4.79 Å². The second-order valence-electron chi connectivity index (χ2n) is 3.07. The Kier molecular flexibility index (Phi) is 3.71. The molecule has 0 aliphatic heterocycles. The van der Waals surface area contributed by atoms with Crippen molar-refractivity contribution in [2.75, 3.05) is 0 Å². The second-order valence-corrected chi connectivity index (χ2v) is 4.32. The van der Waals surface area contributed by atoms with Crippen LogP contribution in [0.4, 0.5) is 0 Å². The first kappa shape index (κ1) is 10.5. The first-order chi connectivity index (χ1) is 6.09. The second kappa shape index (κ2) is 4.60. The number of carboxylic acid groups (broad SMARTS) is 1. The topological polar surface area (TPSA) is 37.3 Å². The molecule has 2 nitrogen and oxygen atoms in total. The van der Waals surface area contributed by atoms with Crippen LogP contribution < -0.4 is 0 Å². The number of benzene rings is 1. The third-order valence-electron chi connectivity index (χ3n) is 1.88. The monoisotopic (exact) mass is 290 g/mol. The summed E-state index contributed by atoms with van der Waals surface area (Å²) in [6, 6.07) is 7.93. The fraction of sp³-hybridized carbons (Fsp3) is 0.300. The summed E-state index contributed by atoms with van der Waals surface area (Å²) in [5, 5.41) is 8.70. The first-order valence-corrected chi connectivity index (χ1v) is 5.14. The molecule has 0 unspecified atom stereocenters. The lowest BCUT2D eigenvalue weighted by atomic mass is 10.0. The van der Waals surface area contributed by atoms with Gasteiger partial charge in [-0.05, 0) is 46.7 Å². The van der Waals surface area contributed by atoms with Gasteiger partial charge in [0.15, 0.2) is 0 Å². The molecule has 0 heterocycles. The molecule has 0 aliphatic carbocycles. The molecule has 0 aliphatic rings. The summed E-state index contributed by atoms with van der Waals surface area (Å²) < 4.78 is 1.17. The Bertz CT molecular complexity index is 292. The summed E-state index contributed by atoms with van der Waals surface area (Å²) in [5.74, 6) is -1.04. The molecule has 0 spiro atoms. The van der Waals surface area contributed by atoms with Crippen LogP contribution in [0.5, 0.6) is 0 Å². The van der Waals surface area contributed by atoms with Crippen molar-refractivity contribution in [1.82, 2.24) is 0 Å². The van der Waals surface area contributed by atoms with Crippen molar-refractivity contribution < 1.29 is 9.90 Å². The lowest BCUT2D eigenvalue weighted by Gasteiger charge is -2.05. The number of hydrogen-bond donors (Lipinski definition) is 1. The maximum atomic E-state index is 10.6. The third kappa shape index (κ3) is 3.34. The van der Waals surface area contributed by atoms with Gasteiger partial charge in [0, 0.05) is 3.57 Å². The van der Waals surface area contributed by atoms with Crippen LogP contribution in [0.25, 0.3) is 0 Å². The molecule has 13 heavy (non-hydrogen) atoms. The Morgan fingerprint density at radius 3 is 2.46 bits per heavy atom. The van der Waals surface area contributed by atoms with Gasteiger partial charge in [0.05, 0.1) is 5.92 Å². The molecule has 1 aromatic carbocycles. The summed E-state index contributed by atoms with van der Waals surface area (Å²) in [4.78, 5) is 10.6. The van der Waals surface area contributed by atoms with Gasteiger partial charge in [-0.1, -0.05) is 19.1 Å². The number of rotatable bonds is 3. The van der Waals surface area contributed by atoms with Crippen LogP contribution in [0.15, 0.2) is 24.3 Å². The Hall–Kier alpha value is -0.580. The molecule has 70 valence electrons. The van der Waals surface area contributed by atoms with Crippen molar-refractivity contribution >= 4 is 28.6 Å². The average molecular weight is 290 g/mol. The molecular formula is C10H11IO2. The van der Waals surface area contributed by atoms with E-state index >= 15 is 0 Å². The average Bonchev–Trinajstić information content (AvgIpc) is 2.08. The lowest BCUT2D eigenvalue weighted by molar-refractivity contribution is -0.141. The predicted molar refractivity (Wildman–Crippen MR) is 59.7 cm³/mol. The molecule has 0 saturated heterocycles. The summed E-state index contributed by atoms with van der Waals surface area (Å²) in [5.41, 5.74) is 1.08. The van der Waals surface area contributed by atoms with Crippen LogP contribution in [0.1, 0.15) is 12.5 Å². The zero-order chi connectivity index (χ0) is 9.84. The van der Waals surface area contributed by atoms with Gasteiger partial charge in [-0.2, -0.15) is 0 Å². The van der Waals surface area contributed by atoms with Crippen molar-refractivity contribution in [3.8, 4) is 0 Å². The van der Waals surface area contributed by atoms with E-state index in [2.05, 4.69) is 22.6 Å². The molecule has 3 heteroatoms. The molecular weight excluding hydrogens is 279 g/mol. The minimum atomic E-state index is -0.737. The minimum Gasteiger partial charge on any atom is -0.481 e. The van der Waals surface area contributed by atoms with Crippen LogP contribution >= 0.6 is 22.6 Å². The third-order valence-corrected chi connectivity index (χ3v) is 2.60. The largest absolute Gasteiger partial charge is 0.481 e. The predicted octanol–water partition coefficient (Wildman–Crippen LogP) is 2.55. The molecule has 1 atom stereocenters. The van der Waals surface area contributed by atoms with Crippen LogP contribution in [-0.2, 0) is 11.2 Å². The summed E-state index contributed by atoms with van der Waals surface area (Å²) in [6.45, 7) is 1.72. The van der Waals surface area contributed by atoms with E-state index in [-0.39, 0.29) is 5.92 Å². The molecule has 1 rings (SSSR count). The quantitative estimate of drug-likeness (QED) is 0.869. The van der Waals surface area contributed by atoms with Crippen LogP contribution in [0.2, 0.25) is 0 Å². The SMILES string of the molecule is C[C@@H](Cc1ccc(I)cc1)C(=O)O. The normalized spacial score (nSPS) is 12.5. The lowest BCUT2D eigenvalue weighted by Crippen LogP contribution is -2.12. The van der Waals surface area contributed by atoms with E-state index in [1.807, 2.05) is 24.3 Å². The highest BCUT2D eigenvalue weighted by Gasteiger charge is 2.10. The smallest absolute Gasteiger partial charge is 0.306 e. The highest BCUT2D eigenvalue weighted by atomic mass is 127. The van der Waals surface area contributed by atoms with Crippen LogP contribution in [-0.4, -0.2) is 11.1 Å². The highest BCUT2D eigenvalue weighted by molar-refractivity contribution is 14.1. The van der Waals surface area contributed by atoms with Gasteiger partial charge in [0.2, 0.25) is 0 Å². The molecule has 0 saturated carbocycles. The number of halogens is 1. The van der Waals surface area contributed by atoms with Crippen molar-refractivity contribution in [2.45, 2.75) is 13.3 Å². The summed E-state index contributed by atoms with van der Waals surface area (Å²) >= 11 is 2.23. The van der Waals surface area contributed by atoms with Crippen molar-refractivity contribution in [3.63, 3.8) is 0 Å². The zero-order valence-electron chi connectivity index (χ0n) is 7.33. The summed E-state index contributed by atoms with van der Waals surface area (Å²) in [7, 11) is 0. The fourth-order valence-corrected chi connectivity index (χ4v) is 1.42. The van der Waals surface area contributed by atoms with E-state index < -0.39 is 5.97 Å². The van der Waals surface area contributed by atoms with Crippen LogP contribution in [0.3, 0.4) is 0 Å². The maximum Gasteiger partial charge on any atom is 0.306 e. The van der Waals surface area contributed by atoms with E-state index in [1.54, 1.807) is 6.92 Å². The minimum absolute atomic E-state index is 0.305. The van der Waals surface area contributed by atoms with Crippen molar-refractivity contribution in [1.29, 1.82) is 0 Å². The number of aliphatic carboxylic acids is 1. The Morgan fingerprint density at radius 1 is 1.46 bits per heavy atom. The van der Waals surface area contributed by atoms with Crippen molar-refractivity contribution in [3.05, 3.63) is 33.4 Å². The van der Waals surface area contributed by atoms with E-state index in [0.717, 1.165) is 5.56 Å². The standard InChI is InChI=1S/C10H11IO2/c1-7(10(12)13)6-8-2-4-9(11)5-3-8/h2-5,7H,6H2,1H3,(H,12,13)/t7-/m0/s1. The zero-order valence-corrected chi connectivity index (χ0v) is 9.48. The first-order valence-electron chi connectivity index (χ1n) is 4.07. The van der Waals surface area contributed by atoms with Gasteiger partial charge >= 0.3 is 5.97 Å². The van der Waals surface area contributed by atoms with Gasteiger partial charge in [-0.25, -0.2) is 0 Å². The summed E-state index contributed by atoms with van der Waals surface area (Å²) in [6.07, 6.45) is 0.603. The van der Waals surface area contributed by atoms with E-state index in [1.165, 1.54) is 3.57 Å². The molecule has 0 radical (unpaired) electrons. The Morgan fingerprint density at radius 2 is 2.00 bits per heavy atom. The van der Waals surface area contributed by atoms with Gasteiger partial charge in [0.25, 0.3) is 0 Å². The molecule has 0 fully saturated rings. The maximum absolute atomic E-state index is 10.6. The van der Waals surface area contributed by atoms with Crippen LogP contribution in [0, 0.1) is 9.49 Å². The van der Waals surface area contributed by atoms with Gasteiger partial charge in [-0.15, -0.1) is 0 Å². The van der Waals surface area contributed by atoms with E-state index in [9.17, 15) is 4.79 Å². The van der Waals surface area contributed by atoms with Gasteiger partial charge in [0.1, 0.15) is 0 Å². The van der Waals surface area contributed by atoms with Gasteiger partial charge < -0.3 is 5.11 Å². The number of carbonyl (C=O) groups is 1. The number of hydrogen-bond acceptors (Lipinski definition) is 1. The Balaban J connectivity index is 2.64. The van der Waals surface area contributed by atoms with E-state index in [0.29, 0.717) is 6.42 Å². The molecule has 0 amide bonds. The Labute approximate surface area is 91.1 Å². The fourth-order valence-electron chi connectivity index (χ4n) is 1.06. The molecule has 1 aromatic rings.